The Morgan fingerprint density at radius 3 is 3.00 bits per heavy atom. The molecule has 1 aromatic heterocycles. The van der Waals surface area contributed by atoms with Crippen molar-refractivity contribution in [3.05, 3.63) is 24.3 Å². The minimum Gasteiger partial charge on any atom is -0.550 e. The number of hydrogen-bond donors (Lipinski definition) is 0. The minimum absolute atomic E-state index is 0.281. The van der Waals surface area contributed by atoms with E-state index in [1.54, 1.807) is 11.6 Å². The van der Waals surface area contributed by atoms with Crippen molar-refractivity contribution < 1.29 is 9.90 Å². The summed E-state index contributed by atoms with van der Waals surface area (Å²) < 4.78 is 1.58. The van der Waals surface area contributed by atoms with E-state index >= 15 is 0 Å². The Hall–Kier alpha value is -1.91. The van der Waals surface area contributed by atoms with Gasteiger partial charge in [0.15, 0.2) is 0 Å². The second-order valence-electron chi connectivity index (χ2n) is 3.48. The molecule has 2 aromatic rings. The number of hydrogen-bond acceptors (Lipinski definition) is 4. The molecule has 0 fully saturated rings. The van der Waals surface area contributed by atoms with E-state index in [4.69, 9.17) is 0 Å². The molecule has 0 amide bonds. The van der Waals surface area contributed by atoms with Crippen LogP contribution in [0.25, 0.3) is 11.0 Å². The summed E-state index contributed by atoms with van der Waals surface area (Å²) in [4.78, 5) is 10.6. The molecule has 5 heteroatoms. The number of carbonyl (C=O) groups is 1. The van der Waals surface area contributed by atoms with Gasteiger partial charge in [0.2, 0.25) is 0 Å². The molecule has 2 rings (SSSR count). The Bertz CT molecular complexity index is 492. The summed E-state index contributed by atoms with van der Waals surface area (Å²) in [6.07, 6.45) is 0. The Morgan fingerprint density at radius 1 is 1.53 bits per heavy atom. The Balaban J connectivity index is 2.32. The molecule has 0 unspecified atom stereocenters. The van der Waals surface area contributed by atoms with Crippen molar-refractivity contribution in [3.63, 3.8) is 0 Å². The van der Waals surface area contributed by atoms with Gasteiger partial charge in [-0.05, 0) is 12.1 Å². The Kier molecular flexibility index (Phi) is 2.37. The largest absolute Gasteiger partial charge is 0.550 e. The van der Waals surface area contributed by atoms with Gasteiger partial charge < -0.3 is 9.90 Å². The predicted molar refractivity (Wildman–Crippen MR) is 51.7 cm³/mol. The zero-order valence-electron chi connectivity index (χ0n) is 8.25. The molecule has 0 radical (unpaired) electrons. The van der Waals surface area contributed by atoms with Crippen LogP contribution in [0.4, 0.5) is 0 Å². The van der Waals surface area contributed by atoms with Gasteiger partial charge in [0, 0.05) is 11.9 Å². The number of aromatic nitrogens is 3. The van der Waals surface area contributed by atoms with E-state index in [0.29, 0.717) is 0 Å². The monoisotopic (exact) mass is 204 g/mol. The number of fused-ring (bicyclic) bond motifs is 1. The second-order valence-corrected chi connectivity index (χ2v) is 3.48. The highest BCUT2D eigenvalue weighted by Crippen LogP contribution is 2.11. The third kappa shape index (κ3) is 1.81. The molecule has 0 aliphatic rings. The van der Waals surface area contributed by atoms with Gasteiger partial charge in [-0.3, -0.25) is 0 Å². The van der Waals surface area contributed by atoms with E-state index in [0.717, 1.165) is 11.0 Å². The van der Waals surface area contributed by atoms with Crippen molar-refractivity contribution in [2.24, 2.45) is 5.92 Å². The van der Waals surface area contributed by atoms with E-state index in [-0.39, 0.29) is 6.54 Å². The number of carboxylic acid groups (broad SMARTS) is 1. The molecule has 0 bridgehead atoms. The summed E-state index contributed by atoms with van der Waals surface area (Å²) in [7, 11) is 0. The van der Waals surface area contributed by atoms with Gasteiger partial charge >= 0.3 is 0 Å². The molecule has 15 heavy (non-hydrogen) atoms. The summed E-state index contributed by atoms with van der Waals surface area (Å²) in [6.45, 7) is 1.87. The lowest BCUT2D eigenvalue weighted by atomic mass is 10.2. The number of para-hydroxylation sites is 1. The van der Waals surface area contributed by atoms with Crippen LogP contribution in [0.2, 0.25) is 0 Å². The zero-order valence-corrected chi connectivity index (χ0v) is 8.25. The first kappa shape index (κ1) is 9.64. The van der Waals surface area contributed by atoms with E-state index in [1.165, 1.54) is 0 Å². The molecule has 0 saturated heterocycles. The maximum atomic E-state index is 10.6. The van der Waals surface area contributed by atoms with Gasteiger partial charge in [0.25, 0.3) is 0 Å². The smallest absolute Gasteiger partial charge is 0.113 e. The molecule has 1 aromatic carbocycles. The first-order valence-corrected chi connectivity index (χ1v) is 4.67. The van der Waals surface area contributed by atoms with Gasteiger partial charge in [-0.15, -0.1) is 5.10 Å². The van der Waals surface area contributed by atoms with Crippen molar-refractivity contribution in [2.45, 2.75) is 13.5 Å². The summed E-state index contributed by atoms with van der Waals surface area (Å²) in [5.41, 5.74) is 1.61. The third-order valence-electron chi connectivity index (χ3n) is 2.27. The fourth-order valence-corrected chi connectivity index (χ4v) is 1.39. The first-order chi connectivity index (χ1) is 7.18. The van der Waals surface area contributed by atoms with Gasteiger partial charge in [-0.1, -0.05) is 24.3 Å². The fraction of sp³-hybridized carbons (Fsp3) is 0.300. The molecule has 1 atom stereocenters. The lowest BCUT2D eigenvalue weighted by molar-refractivity contribution is -0.311. The maximum absolute atomic E-state index is 10.6. The highest BCUT2D eigenvalue weighted by Gasteiger charge is 2.08. The number of aliphatic carboxylic acids is 1. The minimum atomic E-state index is -1.07. The molecule has 5 nitrogen and oxygen atoms in total. The van der Waals surface area contributed by atoms with Crippen LogP contribution in [0.3, 0.4) is 0 Å². The van der Waals surface area contributed by atoms with E-state index in [1.807, 2.05) is 24.3 Å². The molecule has 0 saturated carbocycles. The molecular weight excluding hydrogens is 194 g/mol. The van der Waals surface area contributed by atoms with E-state index in [2.05, 4.69) is 10.3 Å². The predicted octanol–water partition coefficient (Wildman–Crippen LogP) is -0.183. The van der Waals surface area contributed by atoms with Gasteiger partial charge in [0.1, 0.15) is 5.52 Å². The number of rotatable bonds is 3. The molecule has 78 valence electrons. The van der Waals surface area contributed by atoms with Gasteiger partial charge in [0.05, 0.1) is 12.1 Å². The molecule has 0 aliphatic carbocycles. The van der Waals surface area contributed by atoms with Crippen LogP contribution in [0.5, 0.6) is 0 Å². The maximum Gasteiger partial charge on any atom is 0.113 e. The van der Waals surface area contributed by atoms with Crippen LogP contribution in [0.1, 0.15) is 6.92 Å². The van der Waals surface area contributed by atoms with Gasteiger partial charge in [-0.2, -0.15) is 0 Å². The summed E-state index contributed by atoms with van der Waals surface area (Å²) in [5, 5.41) is 18.4. The average molecular weight is 204 g/mol. The zero-order chi connectivity index (χ0) is 10.8. The molecule has 0 N–H and O–H groups in total. The molecule has 0 spiro atoms. The highest BCUT2D eigenvalue weighted by atomic mass is 16.4. The van der Waals surface area contributed by atoms with Crippen molar-refractivity contribution in [3.8, 4) is 0 Å². The SMILES string of the molecule is C[C@H](Cn1nnc2ccccc21)C(=O)[O-]. The lowest BCUT2D eigenvalue weighted by Gasteiger charge is -2.11. The van der Waals surface area contributed by atoms with Crippen molar-refractivity contribution >= 4 is 17.0 Å². The summed E-state index contributed by atoms with van der Waals surface area (Å²) in [5.74, 6) is -1.65. The number of carbonyl (C=O) groups excluding carboxylic acids is 1. The van der Waals surface area contributed by atoms with Crippen LogP contribution in [0.15, 0.2) is 24.3 Å². The van der Waals surface area contributed by atoms with E-state index in [9.17, 15) is 9.90 Å². The second kappa shape index (κ2) is 3.68. The highest BCUT2D eigenvalue weighted by molar-refractivity contribution is 5.74. The normalized spacial score (nSPS) is 12.9. The summed E-state index contributed by atoms with van der Waals surface area (Å²) in [6, 6.07) is 7.43. The van der Waals surface area contributed by atoms with Crippen LogP contribution in [-0.4, -0.2) is 21.0 Å². The standard InChI is InChI=1S/C10H11N3O2/c1-7(10(14)15)6-13-9-5-3-2-4-8(9)11-12-13/h2-5,7H,6H2,1H3,(H,14,15)/p-1/t7-/m1/s1. The number of nitrogens with zero attached hydrogens (tertiary/aromatic N) is 3. The van der Waals surface area contributed by atoms with Crippen molar-refractivity contribution in [2.75, 3.05) is 0 Å². The fourth-order valence-electron chi connectivity index (χ4n) is 1.39. The lowest BCUT2D eigenvalue weighted by Crippen LogP contribution is -2.32. The molecule has 0 aliphatic heterocycles. The van der Waals surface area contributed by atoms with Crippen LogP contribution >= 0.6 is 0 Å². The third-order valence-corrected chi connectivity index (χ3v) is 2.27. The summed E-state index contributed by atoms with van der Waals surface area (Å²) >= 11 is 0. The number of carboxylic acids is 1. The topological polar surface area (TPSA) is 70.8 Å². The first-order valence-electron chi connectivity index (χ1n) is 4.67. The molecular formula is C10H10N3O2-. The van der Waals surface area contributed by atoms with Crippen LogP contribution in [0, 0.1) is 5.92 Å². The average Bonchev–Trinajstić information content (AvgIpc) is 2.62. The van der Waals surface area contributed by atoms with Crippen molar-refractivity contribution in [1.29, 1.82) is 0 Å². The van der Waals surface area contributed by atoms with Crippen molar-refractivity contribution in [1.82, 2.24) is 15.0 Å². The molecule has 1 heterocycles. The Morgan fingerprint density at radius 2 is 2.27 bits per heavy atom. The van der Waals surface area contributed by atoms with Crippen LogP contribution in [-0.2, 0) is 11.3 Å². The quantitative estimate of drug-likeness (QED) is 0.695. The Labute approximate surface area is 86.3 Å². The van der Waals surface area contributed by atoms with E-state index < -0.39 is 11.9 Å². The van der Waals surface area contributed by atoms with Gasteiger partial charge in [-0.25, -0.2) is 4.68 Å². The number of benzene rings is 1. The van der Waals surface area contributed by atoms with Crippen LogP contribution < -0.4 is 5.11 Å².